The van der Waals surface area contributed by atoms with E-state index in [1.54, 1.807) is 0 Å². The third-order valence-electron chi connectivity index (χ3n) is 2.20. The lowest BCUT2D eigenvalue weighted by Gasteiger charge is -2.11. The third-order valence-corrected chi connectivity index (χ3v) is 3.26. The van der Waals surface area contributed by atoms with Crippen molar-refractivity contribution < 1.29 is 4.74 Å². The molecule has 0 spiro atoms. The van der Waals surface area contributed by atoms with Crippen LogP contribution in [0.4, 0.5) is 5.69 Å². The predicted molar refractivity (Wildman–Crippen MR) is 73.0 cm³/mol. The summed E-state index contributed by atoms with van der Waals surface area (Å²) in [6.45, 7) is 8.82. The van der Waals surface area contributed by atoms with Crippen LogP contribution >= 0.6 is 15.9 Å². The standard InChI is InChI=1S/C13H20BrNO/c1-10(2)9-16-8-7-15-12-6-4-5-11(3)13(12)14/h4-6,10,15H,7-9H2,1-3H3. The van der Waals surface area contributed by atoms with Gasteiger partial charge in [-0.05, 0) is 40.4 Å². The van der Waals surface area contributed by atoms with Gasteiger partial charge < -0.3 is 10.1 Å². The molecular formula is C13H20BrNO. The molecule has 0 bridgehead atoms. The first-order valence-corrected chi connectivity index (χ1v) is 6.47. The Labute approximate surface area is 107 Å². The number of anilines is 1. The van der Waals surface area contributed by atoms with Gasteiger partial charge in [0.25, 0.3) is 0 Å². The smallest absolute Gasteiger partial charge is 0.0639 e. The van der Waals surface area contributed by atoms with E-state index in [9.17, 15) is 0 Å². The van der Waals surface area contributed by atoms with E-state index in [2.05, 4.69) is 60.2 Å². The fourth-order valence-corrected chi connectivity index (χ4v) is 1.77. The average molecular weight is 286 g/mol. The highest BCUT2D eigenvalue weighted by atomic mass is 79.9. The molecule has 0 aliphatic carbocycles. The van der Waals surface area contributed by atoms with Gasteiger partial charge in [-0.2, -0.15) is 0 Å². The molecule has 1 aromatic carbocycles. The van der Waals surface area contributed by atoms with E-state index in [-0.39, 0.29) is 0 Å². The summed E-state index contributed by atoms with van der Waals surface area (Å²) >= 11 is 3.57. The summed E-state index contributed by atoms with van der Waals surface area (Å²) in [4.78, 5) is 0. The van der Waals surface area contributed by atoms with Gasteiger partial charge in [0.2, 0.25) is 0 Å². The van der Waals surface area contributed by atoms with Crippen LogP contribution in [0.3, 0.4) is 0 Å². The van der Waals surface area contributed by atoms with Crippen LogP contribution in [0, 0.1) is 12.8 Å². The fourth-order valence-electron chi connectivity index (χ4n) is 1.36. The van der Waals surface area contributed by atoms with Gasteiger partial charge in [-0.15, -0.1) is 0 Å². The Kier molecular flexibility index (Phi) is 5.85. The molecular weight excluding hydrogens is 266 g/mol. The first-order valence-electron chi connectivity index (χ1n) is 5.68. The minimum atomic E-state index is 0.603. The minimum Gasteiger partial charge on any atom is -0.382 e. The quantitative estimate of drug-likeness (QED) is 0.802. The van der Waals surface area contributed by atoms with Gasteiger partial charge in [-0.25, -0.2) is 0 Å². The molecule has 0 atom stereocenters. The third kappa shape index (κ3) is 4.54. The van der Waals surface area contributed by atoms with E-state index in [0.29, 0.717) is 5.92 Å². The lowest BCUT2D eigenvalue weighted by atomic mass is 10.2. The Hall–Kier alpha value is -0.540. The number of ether oxygens (including phenoxy) is 1. The van der Waals surface area contributed by atoms with Crippen LogP contribution in [-0.2, 0) is 4.74 Å². The van der Waals surface area contributed by atoms with Crippen molar-refractivity contribution in [2.45, 2.75) is 20.8 Å². The van der Waals surface area contributed by atoms with Gasteiger partial charge in [0.15, 0.2) is 0 Å². The van der Waals surface area contributed by atoms with Gasteiger partial charge in [-0.1, -0.05) is 26.0 Å². The van der Waals surface area contributed by atoms with E-state index in [1.807, 2.05) is 0 Å². The molecule has 2 nitrogen and oxygen atoms in total. The monoisotopic (exact) mass is 285 g/mol. The number of hydrogen-bond acceptors (Lipinski definition) is 2. The van der Waals surface area contributed by atoms with E-state index in [1.165, 1.54) is 5.56 Å². The molecule has 0 fully saturated rings. The molecule has 1 rings (SSSR count). The molecule has 16 heavy (non-hydrogen) atoms. The molecule has 90 valence electrons. The van der Waals surface area contributed by atoms with Gasteiger partial charge >= 0.3 is 0 Å². The van der Waals surface area contributed by atoms with Gasteiger partial charge in [0.1, 0.15) is 0 Å². The van der Waals surface area contributed by atoms with Crippen molar-refractivity contribution in [3.05, 3.63) is 28.2 Å². The van der Waals surface area contributed by atoms with Gasteiger partial charge in [0.05, 0.1) is 6.61 Å². The minimum absolute atomic E-state index is 0.603. The second-order valence-corrected chi connectivity index (χ2v) is 5.12. The Morgan fingerprint density at radius 2 is 2.12 bits per heavy atom. The Balaban J connectivity index is 2.29. The summed E-state index contributed by atoms with van der Waals surface area (Å²) in [6.07, 6.45) is 0. The number of hydrogen-bond donors (Lipinski definition) is 1. The van der Waals surface area contributed by atoms with Crippen LogP contribution in [0.25, 0.3) is 0 Å². The highest BCUT2D eigenvalue weighted by Gasteiger charge is 2.01. The van der Waals surface area contributed by atoms with Crippen molar-refractivity contribution in [1.82, 2.24) is 0 Å². The molecule has 0 heterocycles. The Bertz CT molecular complexity index is 326. The molecule has 3 heteroatoms. The average Bonchev–Trinajstić information content (AvgIpc) is 2.23. The lowest BCUT2D eigenvalue weighted by Crippen LogP contribution is -2.12. The largest absolute Gasteiger partial charge is 0.382 e. The van der Waals surface area contributed by atoms with E-state index >= 15 is 0 Å². The predicted octanol–water partition coefficient (Wildman–Crippen LogP) is 3.84. The second kappa shape index (κ2) is 6.92. The topological polar surface area (TPSA) is 21.3 Å². The molecule has 0 aliphatic rings. The first kappa shape index (κ1) is 13.5. The van der Waals surface area contributed by atoms with E-state index in [4.69, 9.17) is 4.74 Å². The van der Waals surface area contributed by atoms with Crippen LogP contribution < -0.4 is 5.32 Å². The van der Waals surface area contributed by atoms with Crippen LogP contribution in [0.1, 0.15) is 19.4 Å². The zero-order valence-electron chi connectivity index (χ0n) is 10.2. The lowest BCUT2D eigenvalue weighted by molar-refractivity contribution is 0.118. The molecule has 0 unspecified atom stereocenters. The van der Waals surface area contributed by atoms with Gasteiger partial charge in [0, 0.05) is 23.3 Å². The highest BCUT2D eigenvalue weighted by Crippen LogP contribution is 2.25. The molecule has 0 aliphatic heterocycles. The van der Waals surface area contributed by atoms with Crippen molar-refractivity contribution in [3.63, 3.8) is 0 Å². The molecule has 0 amide bonds. The maximum Gasteiger partial charge on any atom is 0.0639 e. The molecule has 0 saturated carbocycles. The zero-order chi connectivity index (χ0) is 12.0. The first-order chi connectivity index (χ1) is 7.61. The fraction of sp³-hybridized carbons (Fsp3) is 0.538. The van der Waals surface area contributed by atoms with Crippen LogP contribution in [0.2, 0.25) is 0 Å². The normalized spacial score (nSPS) is 10.8. The van der Waals surface area contributed by atoms with Crippen molar-refractivity contribution >= 4 is 21.6 Å². The second-order valence-electron chi connectivity index (χ2n) is 4.33. The number of halogens is 1. The molecule has 1 aromatic rings. The van der Waals surface area contributed by atoms with Crippen LogP contribution in [-0.4, -0.2) is 19.8 Å². The zero-order valence-corrected chi connectivity index (χ0v) is 11.8. The SMILES string of the molecule is Cc1cccc(NCCOCC(C)C)c1Br. The van der Waals surface area contributed by atoms with Gasteiger partial charge in [-0.3, -0.25) is 0 Å². The number of nitrogens with one attached hydrogen (secondary N) is 1. The molecule has 0 aromatic heterocycles. The summed E-state index contributed by atoms with van der Waals surface area (Å²) < 4.78 is 6.65. The molecule has 1 N–H and O–H groups in total. The Morgan fingerprint density at radius 3 is 2.81 bits per heavy atom. The maximum absolute atomic E-state index is 5.51. The van der Waals surface area contributed by atoms with Crippen molar-refractivity contribution in [2.24, 2.45) is 5.92 Å². The summed E-state index contributed by atoms with van der Waals surface area (Å²) in [5.41, 5.74) is 2.38. The van der Waals surface area contributed by atoms with Crippen LogP contribution in [0.15, 0.2) is 22.7 Å². The van der Waals surface area contributed by atoms with Crippen molar-refractivity contribution in [3.8, 4) is 0 Å². The Morgan fingerprint density at radius 1 is 1.38 bits per heavy atom. The number of benzene rings is 1. The summed E-state index contributed by atoms with van der Waals surface area (Å²) in [7, 11) is 0. The maximum atomic E-state index is 5.51. The molecule has 0 radical (unpaired) electrons. The summed E-state index contributed by atoms with van der Waals surface area (Å²) in [5.74, 6) is 0.603. The number of rotatable bonds is 6. The van der Waals surface area contributed by atoms with E-state index < -0.39 is 0 Å². The summed E-state index contributed by atoms with van der Waals surface area (Å²) in [5, 5.41) is 3.36. The van der Waals surface area contributed by atoms with Crippen LogP contribution in [0.5, 0.6) is 0 Å². The summed E-state index contributed by atoms with van der Waals surface area (Å²) in [6, 6.07) is 6.21. The highest BCUT2D eigenvalue weighted by molar-refractivity contribution is 9.10. The van der Waals surface area contributed by atoms with E-state index in [0.717, 1.165) is 29.9 Å². The van der Waals surface area contributed by atoms with Crippen molar-refractivity contribution in [1.29, 1.82) is 0 Å². The molecule has 0 saturated heterocycles. The number of aryl methyl sites for hydroxylation is 1. The van der Waals surface area contributed by atoms with Crippen molar-refractivity contribution in [2.75, 3.05) is 25.1 Å².